The Morgan fingerprint density at radius 2 is 1.85 bits per heavy atom. The van der Waals surface area contributed by atoms with Crippen LogP contribution < -0.4 is 10.5 Å². The van der Waals surface area contributed by atoms with Crippen LogP contribution in [0.1, 0.15) is 32.7 Å². The lowest BCUT2D eigenvalue weighted by Gasteiger charge is -2.37. The van der Waals surface area contributed by atoms with Crippen molar-refractivity contribution >= 4 is 50.9 Å². The van der Waals surface area contributed by atoms with Gasteiger partial charge >= 0.3 is 5.97 Å². The van der Waals surface area contributed by atoms with Gasteiger partial charge in [-0.3, -0.25) is 14.5 Å². The number of nitrogens with zero attached hydrogens (tertiary/aromatic N) is 2. The predicted molar refractivity (Wildman–Crippen MR) is 134 cm³/mol. The molecule has 2 aromatic carbocycles. The van der Waals surface area contributed by atoms with Gasteiger partial charge in [0.2, 0.25) is 0 Å². The van der Waals surface area contributed by atoms with Gasteiger partial charge in [-0.1, -0.05) is 42.5 Å². The monoisotopic (exact) mass is 491 g/mol. The molecule has 0 radical (unpaired) electrons. The minimum Gasteiger partial charge on any atom is -0.451 e. The van der Waals surface area contributed by atoms with Crippen molar-refractivity contribution in [2.45, 2.75) is 24.8 Å². The molecule has 1 unspecified atom stereocenters. The number of esters is 1. The molecule has 0 fully saturated rings. The lowest BCUT2D eigenvalue weighted by Crippen LogP contribution is -2.41. The Bertz CT molecular complexity index is 1460. The van der Waals surface area contributed by atoms with Crippen molar-refractivity contribution in [2.75, 3.05) is 17.3 Å². The number of para-hydroxylation sites is 1. The fourth-order valence-corrected chi connectivity index (χ4v) is 6.42. The number of anilines is 1. The SMILES string of the molecule is Cc1nc2sc(C(=O)OCC(=O)N3c4ccccc4SCC3c3ccccc3)c(C)c2c(=O)[nH]1. The van der Waals surface area contributed by atoms with Crippen molar-refractivity contribution in [3.05, 3.63) is 86.8 Å². The van der Waals surface area contributed by atoms with E-state index in [0.717, 1.165) is 27.5 Å². The summed E-state index contributed by atoms with van der Waals surface area (Å²) in [5.41, 5.74) is 2.04. The number of amides is 1. The maximum Gasteiger partial charge on any atom is 0.349 e. The zero-order valence-corrected chi connectivity index (χ0v) is 20.2. The van der Waals surface area contributed by atoms with Gasteiger partial charge in [-0.25, -0.2) is 9.78 Å². The van der Waals surface area contributed by atoms with Crippen molar-refractivity contribution in [2.24, 2.45) is 0 Å². The highest BCUT2D eigenvalue weighted by molar-refractivity contribution is 7.99. The number of nitrogens with one attached hydrogen (secondary N) is 1. The number of aryl methyl sites for hydroxylation is 2. The number of aromatic nitrogens is 2. The molecule has 34 heavy (non-hydrogen) atoms. The number of benzene rings is 2. The molecule has 7 nitrogen and oxygen atoms in total. The summed E-state index contributed by atoms with van der Waals surface area (Å²) in [5, 5.41) is 0.375. The summed E-state index contributed by atoms with van der Waals surface area (Å²) in [6.07, 6.45) is 0. The normalized spacial score (nSPS) is 15.2. The second kappa shape index (κ2) is 9.08. The topological polar surface area (TPSA) is 92.4 Å². The van der Waals surface area contributed by atoms with E-state index < -0.39 is 12.6 Å². The Morgan fingerprint density at radius 3 is 2.65 bits per heavy atom. The van der Waals surface area contributed by atoms with Crippen LogP contribution in [0.25, 0.3) is 10.2 Å². The van der Waals surface area contributed by atoms with E-state index in [1.54, 1.807) is 30.5 Å². The molecule has 172 valence electrons. The van der Waals surface area contributed by atoms with E-state index in [4.69, 9.17) is 4.74 Å². The molecule has 0 spiro atoms. The van der Waals surface area contributed by atoms with Gasteiger partial charge in [0.15, 0.2) is 6.61 Å². The molecule has 4 aromatic rings. The van der Waals surface area contributed by atoms with Gasteiger partial charge < -0.3 is 9.72 Å². The van der Waals surface area contributed by atoms with Crippen molar-refractivity contribution in [1.29, 1.82) is 0 Å². The average molecular weight is 492 g/mol. The van der Waals surface area contributed by atoms with Crippen LogP contribution in [0.4, 0.5) is 5.69 Å². The van der Waals surface area contributed by atoms with Crippen LogP contribution >= 0.6 is 23.1 Å². The summed E-state index contributed by atoms with van der Waals surface area (Å²) >= 11 is 2.80. The van der Waals surface area contributed by atoms with Crippen molar-refractivity contribution in [3.63, 3.8) is 0 Å². The number of rotatable bonds is 4. The van der Waals surface area contributed by atoms with E-state index in [-0.39, 0.29) is 22.4 Å². The number of thiophene rings is 1. The summed E-state index contributed by atoms with van der Waals surface area (Å²) in [6, 6.07) is 17.4. The van der Waals surface area contributed by atoms with Gasteiger partial charge in [0.1, 0.15) is 15.5 Å². The molecule has 1 aliphatic rings. The van der Waals surface area contributed by atoms with Gasteiger partial charge in [-0.2, -0.15) is 0 Å². The Hall–Kier alpha value is -3.43. The highest BCUT2D eigenvalue weighted by Crippen LogP contribution is 2.43. The lowest BCUT2D eigenvalue weighted by molar-refractivity contribution is -0.122. The Morgan fingerprint density at radius 1 is 1.12 bits per heavy atom. The second-order valence-electron chi connectivity index (χ2n) is 7.93. The van der Waals surface area contributed by atoms with E-state index in [1.807, 2.05) is 54.6 Å². The molecule has 2 aromatic heterocycles. The first-order valence-corrected chi connectivity index (χ1v) is 12.5. The zero-order chi connectivity index (χ0) is 23.8. The van der Waals surface area contributed by atoms with E-state index >= 15 is 0 Å². The van der Waals surface area contributed by atoms with Crippen LogP contribution in [-0.2, 0) is 9.53 Å². The summed E-state index contributed by atoms with van der Waals surface area (Å²) in [6.45, 7) is 2.97. The van der Waals surface area contributed by atoms with Crippen LogP contribution in [0, 0.1) is 13.8 Å². The smallest absolute Gasteiger partial charge is 0.349 e. The third kappa shape index (κ3) is 4.01. The first-order valence-electron chi connectivity index (χ1n) is 10.7. The summed E-state index contributed by atoms with van der Waals surface area (Å²) in [7, 11) is 0. The molecule has 1 N–H and O–H groups in total. The molecule has 9 heteroatoms. The zero-order valence-electron chi connectivity index (χ0n) is 18.5. The standard InChI is InChI=1S/C25H21N3O4S2/c1-14-21-23(30)26-15(2)27-24(21)34-22(14)25(31)32-12-20(29)28-17-10-6-7-11-19(17)33-13-18(28)16-8-4-3-5-9-16/h3-11,18H,12-13H2,1-2H3,(H,26,27,30). The molecular weight excluding hydrogens is 470 g/mol. The van der Waals surface area contributed by atoms with Crippen molar-refractivity contribution in [3.8, 4) is 0 Å². The van der Waals surface area contributed by atoms with Crippen molar-refractivity contribution in [1.82, 2.24) is 9.97 Å². The average Bonchev–Trinajstić information content (AvgIpc) is 3.18. The maximum absolute atomic E-state index is 13.4. The van der Waals surface area contributed by atoms with Gasteiger partial charge in [0.25, 0.3) is 11.5 Å². The molecule has 3 heterocycles. The van der Waals surface area contributed by atoms with Crippen LogP contribution in [0.2, 0.25) is 0 Å². The van der Waals surface area contributed by atoms with Gasteiger partial charge in [-0.05, 0) is 37.1 Å². The summed E-state index contributed by atoms with van der Waals surface area (Å²) in [5.74, 6) is 0.231. The molecule has 5 rings (SSSR count). The highest BCUT2D eigenvalue weighted by Gasteiger charge is 2.33. The minimum atomic E-state index is -0.637. The highest BCUT2D eigenvalue weighted by atomic mass is 32.2. The second-order valence-corrected chi connectivity index (χ2v) is 9.99. The molecule has 1 amide bonds. The Balaban J connectivity index is 1.41. The largest absolute Gasteiger partial charge is 0.451 e. The number of aromatic amines is 1. The number of fused-ring (bicyclic) bond motifs is 2. The van der Waals surface area contributed by atoms with Gasteiger partial charge in [0.05, 0.1) is 17.1 Å². The Labute approximate surface area is 203 Å². The lowest BCUT2D eigenvalue weighted by atomic mass is 10.1. The Kier molecular flexibility index (Phi) is 5.97. The molecule has 0 saturated carbocycles. The molecule has 0 bridgehead atoms. The van der Waals surface area contributed by atoms with E-state index in [9.17, 15) is 14.4 Å². The van der Waals surface area contributed by atoms with Crippen LogP contribution in [0.15, 0.2) is 64.3 Å². The fourth-order valence-electron chi connectivity index (χ4n) is 4.13. The van der Waals surface area contributed by atoms with Gasteiger partial charge in [-0.15, -0.1) is 23.1 Å². The number of carbonyl (C=O) groups is 2. The van der Waals surface area contributed by atoms with E-state index in [1.165, 1.54) is 0 Å². The van der Waals surface area contributed by atoms with Crippen molar-refractivity contribution < 1.29 is 14.3 Å². The molecule has 0 aliphatic carbocycles. The van der Waals surface area contributed by atoms with E-state index in [2.05, 4.69) is 9.97 Å². The third-order valence-electron chi connectivity index (χ3n) is 5.72. The molecule has 0 saturated heterocycles. The summed E-state index contributed by atoms with van der Waals surface area (Å²) in [4.78, 5) is 49.1. The summed E-state index contributed by atoms with van der Waals surface area (Å²) < 4.78 is 5.46. The number of H-pyrrole nitrogens is 1. The first kappa shape index (κ1) is 22.4. The quantitative estimate of drug-likeness (QED) is 0.418. The number of ether oxygens (including phenoxy) is 1. The minimum absolute atomic E-state index is 0.177. The molecule has 1 aliphatic heterocycles. The number of thioether (sulfide) groups is 1. The predicted octanol–water partition coefficient (Wildman–Crippen LogP) is 4.64. The third-order valence-corrected chi connectivity index (χ3v) is 8.02. The van der Waals surface area contributed by atoms with Gasteiger partial charge in [0, 0.05) is 10.6 Å². The number of hydrogen-bond donors (Lipinski definition) is 1. The van der Waals surface area contributed by atoms with Crippen LogP contribution in [-0.4, -0.2) is 34.2 Å². The number of hydrogen-bond acceptors (Lipinski definition) is 7. The fraction of sp³-hybridized carbons (Fsp3) is 0.200. The van der Waals surface area contributed by atoms with Crippen LogP contribution in [0.3, 0.4) is 0 Å². The molecular formula is C25H21N3O4S2. The van der Waals surface area contributed by atoms with E-state index in [0.29, 0.717) is 27.4 Å². The molecule has 1 atom stereocenters. The first-order chi connectivity index (χ1) is 16.4. The maximum atomic E-state index is 13.4. The number of carbonyl (C=O) groups excluding carboxylic acids is 2. The van der Waals surface area contributed by atoms with Crippen LogP contribution in [0.5, 0.6) is 0 Å².